The zero-order chi connectivity index (χ0) is 21.8. The highest BCUT2D eigenvalue weighted by molar-refractivity contribution is 6.00. The highest BCUT2D eigenvalue weighted by Gasteiger charge is 2.29. The third-order valence-electron chi connectivity index (χ3n) is 5.42. The number of benzene rings is 1. The van der Waals surface area contributed by atoms with Gasteiger partial charge in [-0.3, -0.25) is 9.59 Å². The molecule has 1 aliphatic rings. The van der Waals surface area contributed by atoms with Crippen molar-refractivity contribution < 1.29 is 19.1 Å². The van der Waals surface area contributed by atoms with E-state index >= 15 is 0 Å². The Kier molecular flexibility index (Phi) is 6.44. The summed E-state index contributed by atoms with van der Waals surface area (Å²) in [4.78, 5) is 33.0. The molecule has 160 valence electrons. The van der Waals surface area contributed by atoms with Crippen LogP contribution < -0.4 is 15.2 Å². The molecule has 0 unspecified atom stereocenters. The lowest BCUT2D eigenvalue weighted by Crippen LogP contribution is -2.38. The van der Waals surface area contributed by atoms with Crippen LogP contribution in [-0.4, -0.2) is 68.0 Å². The molecule has 3 rings (SSSR count). The van der Waals surface area contributed by atoms with Crippen LogP contribution in [0.2, 0.25) is 0 Å². The molecule has 30 heavy (non-hydrogen) atoms. The van der Waals surface area contributed by atoms with Crippen LogP contribution in [-0.2, 0) is 0 Å². The maximum atomic E-state index is 13.1. The SMILES string of the molecule is COc1cccc(OC)c1C(=O)N1CCC(c2ccc(C(=O)N(C)C)c(N)n2)CC1. The van der Waals surface area contributed by atoms with Crippen LogP contribution in [0.25, 0.3) is 0 Å². The lowest BCUT2D eigenvalue weighted by molar-refractivity contribution is 0.0704. The molecule has 2 heterocycles. The Bertz CT molecular complexity index is 914. The van der Waals surface area contributed by atoms with Gasteiger partial charge in [-0.05, 0) is 37.1 Å². The topological polar surface area (TPSA) is 98.0 Å². The Morgan fingerprint density at radius 2 is 1.67 bits per heavy atom. The molecule has 2 aromatic rings. The van der Waals surface area contributed by atoms with Gasteiger partial charge in [0.2, 0.25) is 0 Å². The molecule has 2 N–H and O–H groups in total. The second-order valence-corrected chi connectivity index (χ2v) is 7.47. The number of carbonyl (C=O) groups is 2. The first-order chi connectivity index (χ1) is 14.4. The minimum atomic E-state index is -0.169. The van der Waals surface area contributed by atoms with Crippen molar-refractivity contribution >= 4 is 17.6 Å². The maximum Gasteiger partial charge on any atom is 0.261 e. The number of anilines is 1. The predicted octanol–water partition coefficient (Wildman–Crippen LogP) is 2.40. The van der Waals surface area contributed by atoms with Crippen molar-refractivity contribution in [2.45, 2.75) is 18.8 Å². The zero-order valence-corrected chi connectivity index (χ0v) is 17.8. The fraction of sp³-hybridized carbons (Fsp3) is 0.409. The van der Waals surface area contributed by atoms with Crippen molar-refractivity contribution in [2.24, 2.45) is 0 Å². The average molecular weight is 412 g/mol. The minimum absolute atomic E-state index is 0.109. The number of carbonyl (C=O) groups excluding carboxylic acids is 2. The number of methoxy groups -OCH3 is 2. The Morgan fingerprint density at radius 1 is 1.07 bits per heavy atom. The van der Waals surface area contributed by atoms with Gasteiger partial charge in [0.25, 0.3) is 11.8 Å². The standard InChI is InChI=1S/C22H28N4O4/c1-25(2)21(27)15-8-9-16(24-20(15)23)14-10-12-26(13-11-14)22(28)19-17(29-3)6-5-7-18(19)30-4/h5-9,14H,10-13H2,1-4H3,(H2,23,24). The normalized spacial score (nSPS) is 14.3. The number of nitrogens with two attached hydrogens (primary N) is 1. The van der Waals surface area contributed by atoms with E-state index in [0.717, 1.165) is 18.5 Å². The van der Waals surface area contributed by atoms with E-state index in [9.17, 15) is 9.59 Å². The van der Waals surface area contributed by atoms with E-state index in [1.165, 1.54) is 4.90 Å². The molecule has 1 saturated heterocycles. The molecule has 0 saturated carbocycles. The molecule has 1 aliphatic heterocycles. The lowest BCUT2D eigenvalue weighted by atomic mass is 9.92. The second kappa shape index (κ2) is 9.02. The van der Waals surface area contributed by atoms with Crippen molar-refractivity contribution in [3.8, 4) is 11.5 Å². The number of pyridine rings is 1. The monoisotopic (exact) mass is 412 g/mol. The first-order valence-corrected chi connectivity index (χ1v) is 9.85. The van der Waals surface area contributed by atoms with Crippen LogP contribution >= 0.6 is 0 Å². The molecule has 1 aromatic heterocycles. The van der Waals surface area contributed by atoms with Gasteiger partial charge >= 0.3 is 0 Å². The van der Waals surface area contributed by atoms with E-state index in [1.807, 2.05) is 11.0 Å². The van der Waals surface area contributed by atoms with Crippen LogP contribution in [0.5, 0.6) is 11.5 Å². The minimum Gasteiger partial charge on any atom is -0.496 e. The number of aromatic nitrogens is 1. The molecule has 0 radical (unpaired) electrons. The Hall–Kier alpha value is -3.29. The van der Waals surface area contributed by atoms with Crippen LogP contribution in [0.4, 0.5) is 5.82 Å². The summed E-state index contributed by atoms with van der Waals surface area (Å²) in [6.45, 7) is 1.18. The average Bonchev–Trinajstić information content (AvgIpc) is 2.77. The van der Waals surface area contributed by atoms with Gasteiger partial charge in [0.05, 0.1) is 19.8 Å². The summed E-state index contributed by atoms with van der Waals surface area (Å²) >= 11 is 0. The highest BCUT2D eigenvalue weighted by Crippen LogP contribution is 2.33. The summed E-state index contributed by atoms with van der Waals surface area (Å²) in [6, 6.07) is 8.90. The van der Waals surface area contributed by atoms with Gasteiger partial charge in [0.1, 0.15) is 22.9 Å². The van der Waals surface area contributed by atoms with E-state index in [4.69, 9.17) is 15.2 Å². The summed E-state index contributed by atoms with van der Waals surface area (Å²) in [7, 11) is 6.44. The van der Waals surface area contributed by atoms with E-state index in [2.05, 4.69) is 4.98 Å². The predicted molar refractivity (Wildman–Crippen MR) is 114 cm³/mol. The number of amides is 2. The van der Waals surface area contributed by atoms with Crippen molar-refractivity contribution in [1.82, 2.24) is 14.8 Å². The van der Waals surface area contributed by atoms with E-state index in [0.29, 0.717) is 35.7 Å². The number of ether oxygens (including phenoxy) is 2. The highest BCUT2D eigenvalue weighted by atomic mass is 16.5. The van der Waals surface area contributed by atoms with Gasteiger partial charge in [-0.25, -0.2) is 4.98 Å². The Morgan fingerprint density at radius 3 is 2.17 bits per heavy atom. The van der Waals surface area contributed by atoms with Gasteiger partial charge in [0.15, 0.2) is 0 Å². The van der Waals surface area contributed by atoms with Crippen molar-refractivity contribution in [3.63, 3.8) is 0 Å². The third-order valence-corrected chi connectivity index (χ3v) is 5.42. The largest absolute Gasteiger partial charge is 0.496 e. The summed E-state index contributed by atoms with van der Waals surface area (Å²) in [5.74, 6) is 1.14. The molecular weight excluding hydrogens is 384 g/mol. The Balaban J connectivity index is 1.72. The van der Waals surface area contributed by atoms with E-state index in [-0.39, 0.29) is 23.6 Å². The summed E-state index contributed by atoms with van der Waals surface area (Å²) < 4.78 is 10.7. The molecule has 8 heteroatoms. The number of rotatable bonds is 5. The van der Waals surface area contributed by atoms with E-state index < -0.39 is 0 Å². The van der Waals surface area contributed by atoms with Gasteiger partial charge < -0.3 is 25.0 Å². The number of hydrogen-bond acceptors (Lipinski definition) is 6. The van der Waals surface area contributed by atoms with Gasteiger partial charge in [-0.15, -0.1) is 0 Å². The van der Waals surface area contributed by atoms with Crippen LogP contribution in [0, 0.1) is 0 Å². The summed E-state index contributed by atoms with van der Waals surface area (Å²) in [5, 5.41) is 0. The summed E-state index contributed by atoms with van der Waals surface area (Å²) in [5.41, 5.74) is 7.73. The van der Waals surface area contributed by atoms with Gasteiger partial charge in [-0.2, -0.15) is 0 Å². The molecule has 0 bridgehead atoms. The quantitative estimate of drug-likeness (QED) is 0.810. The second-order valence-electron chi connectivity index (χ2n) is 7.47. The number of hydrogen-bond donors (Lipinski definition) is 1. The number of nitrogen functional groups attached to an aromatic ring is 1. The third kappa shape index (κ3) is 4.17. The summed E-state index contributed by atoms with van der Waals surface area (Å²) in [6.07, 6.45) is 1.52. The van der Waals surface area contributed by atoms with Gasteiger partial charge in [-0.1, -0.05) is 6.07 Å². The first kappa shape index (κ1) is 21.4. The number of likely N-dealkylation sites (tertiary alicyclic amines) is 1. The van der Waals surface area contributed by atoms with Crippen LogP contribution in [0.1, 0.15) is 45.2 Å². The van der Waals surface area contributed by atoms with Crippen molar-refractivity contribution in [1.29, 1.82) is 0 Å². The lowest BCUT2D eigenvalue weighted by Gasteiger charge is -2.32. The van der Waals surface area contributed by atoms with E-state index in [1.54, 1.807) is 52.6 Å². The van der Waals surface area contributed by atoms with Crippen molar-refractivity contribution in [2.75, 3.05) is 47.1 Å². The maximum absolute atomic E-state index is 13.1. The molecule has 0 aliphatic carbocycles. The number of piperidine rings is 1. The molecule has 8 nitrogen and oxygen atoms in total. The van der Waals surface area contributed by atoms with Crippen LogP contribution in [0.15, 0.2) is 30.3 Å². The zero-order valence-electron chi connectivity index (χ0n) is 17.8. The molecule has 0 spiro atoms. The molecular formula is C22H28N4O4. The molecule has 0 atom stereocenters. The number of nitrogens with zero attached hydrogens (tertiary/aromatic N) is 3. The van der Waals surface area contributed by atoms with Gasteiger partial charge in [0, 0.05) is 38.8 Å². The van der Waals surface area contributed by atoms with Crippen LogP contribution in [0.3, 0.4) is 0 Å². The molecule has 1 fully saturated rings. The molecule has 1 aromatic carbocycles. The Labute approximate surface area is 176 Å². The van der Waals surface area contributed by atoms with Crippen molar-refractivity contribution in [3.05, 3.63) is 47.2 Å². The fourth-order valence-electron chi connectivity index (χ4n) is 3.74. The first-order valence-electron chi connectivity index (χ1n) is 9.85. The fourth-order valence-corrected chi connectivity index (χ4v) is 3.74. The smallest absolute Gasteiger partial charge is 0.261 e. The molecule has 2 amide bonds.